The number of hydrogen-bond donors (Lipinski definition) is 4. The Labute approximate surface area is 171 Å². The van der Waals surface area contributed by atoms with E-state index in [-0.39, 0.29) is 30.6 Å². The first-order chi connectivity index (χ1) is 13.6. The molecule has 2 aliphatic rings. The van der Waals surface area contributed by atoms with Gasteiger partial charge in [0.2, 0.25) is 5.91 Å². The summed E-state index contributed by atoms with van der Waals surface area (Å²) in [6.07, 6.45) is 2.70. The van der Waals surface area contributed by atoms with Crippen molar-refractivity contribution in [2.24, 2.45) is 5.73 Å². The summed E-state index contributed by atoms with van der Waals surface area (Å²) in [6, 6.07) is 0.409. The highest BCUT2D eigenvalue weighted by Crippen LogP contribution is 2.33. The van der Waals surface area contributed by atoms with Gasteiger partial charge in [-0.3, -0.25) is 4.79 Å². The molecule has 0 aromatic rings. The van der Waals surface area contributed by atoms with Gasteiger partial charge in [-0.15, -0.1) is 0 Å². The van der Waals surface area contributed by atoms with E-state index in [0.717, 1.165) is 25.0 Å². The summed E-state index contributed by atoms with van der Waals surface area (Å²) in [5, 5.41) is 9.10. The van der Waals surface area contributed by atoms with Gasteiger partial charge in [0.15, 0.2) is 0 Å². The van der Waals surface area contributed by atoms with Gasteiger partial charge in [-0.05, 0) is 19.8 Å². The maximum absolute atomic E-state index is 12.0. The molecular weight excluding hydrogens is 384 g/mol. The number of urea groups is 1. The van der Waals surface area contributed by atoms with Crippen LogP contribution in [-0.2, 0) is 19.0 Å². The third-order valence-corrected chi connectivity index (χ3v) is 6.18. The third kappa shape index (κ3) is 8.52. The topological polar surface area (TPSA) is 124 Å². The Morgan fingerprint density at radius 2 is 1.96 bits per heavy atom. The van der Waals surface area contributed by atoms with Crippen LogP contribution in [0.15, 0.2) is 0 Å². The Kier molecular flexibility index (Phi) is 10.9. The summed E-state index contributed by atoms with van der Waals surface area (Å²) in [4.78, 5) is 23.3. The number of carbonyl (C=O) groups excluding carboxylic acids is 2. The fourth-order valence-corrected chi connectivity index (χ4v) is 4.83. The second-order valence-electron chi connectivity index (χ2n) is 6.93. The lowest BCUT2D eigenvalue weighted by Gasteiger charge is -2.17. The number of rotatable bonds is 15. The Morgan fingerprint density at radius 3 is 2.75 bits per heavy atom. The molecule has 5 N–H and O–H groups in total. The summed E-state index contributed by atoms with van der Waals surface area (Å²) in [7, 11) is 0. The van der Waals surface area contributed by atoms with E-state index in [0.29, 0.717) is 44.7 Å². The number of hydrogen-bond acceptors (Lipinski definition) is 7. The minimum atomic E-state index is -0.512. The lowest BCUT2D eigenvalue weighted by molar-refractivity contribution is -0.122. The Morgan fingerprint density at radius 1 is 1.21 bits per heavy atom. The van der Waals surface area contributed by atoms with E-state index in [4.69, 9.17) is 19.9 Å². The first-order valence-electron chi connectivity index (χ1n) is 10.1. The second-order valence-corrected chi connectivity index (χ2v) is 8.20. The number of thioether (sulfide) groups is 1. The van der Waals surface area contributed by atoms with Crippen molar-refractivity contribution in [2.75, 3.05) is 45.4 Å². The van der Waals surface area contributed by atoms with E-state index in [1.54, 1.807) is 0 Å². The number of amides is 3. The molecular formula is C18H34N4O5S. The summed E-state index contributed by atoms with van der Waals surface area (Å²) >= 11 is 1.89. The molecule has 2 aliphatic heterocycles. The van der Waals surface area contributed by atoms with Gasteiger partial charge in [-0.1, -0.05) is 6.42 Å². The minimum Gasteiger partial charge on any atom is -0.379 e. The monoisotopic (exact) mass is 418 g/mol. The highest BCUT2D eigenvalue weighted by Gasteiger charge is 2.42. The molecule has 9 nitrogen and oxygen atoms in total. The number of carbonyl (C=O) groups is 2. The minimum absolute atomic E-state index is 0.0585. The van der Waals surface area contributed by atoms with Gasteiger partial charge >= 0.3 is 6.03 Å². The van der Waals surface area contributed by atoms with Crippen LogP contribution in [0.4, 0.5) is 4.79 Å². The van der Waals surface area contributed by atoms with Crippen molar-refractivity contribution in [3.63, 3.8) is 0 Å². The maximum atomic E-state index is 12.0. The predicted molar refractivity (Wildman–Crippen MR) is 108 cm³/mol. The van der Waals surface area contributed by atoms with Crippen LogP contribution in [0.25, 0.3) is 0 Å². The van der Waals surface area contributed by atoms with E-state index in [2.05, 4.69) is 16.0 Å². The van der Waals surface area contributed by atoms with Crippen LogP contribution < -0.4 is 21.7 Å². The largest absolute Gasteiger partial charge is 0.379 e. The predicted octanol–water partition coefficient (Wildman–Crippen LogP) is 0.183. The summed E-state index contributed by atoms with van der Waals surface area (Å²) < 4.78 is 15.9. The zero-order valence-electron chi connectivity index (χ0n) is 16.6. The number of ether oxygens (including phenoxy) is 3. The molecule has 4 atom stereocenters. The normalized spacial score (nSPS) is 24.5. The zero-order valence-corrected chi connectivity index (χ0v) is 17.4. The molecule has 2 rings (SSSR count). The molecule has 0 aliphatic carbocycles. The molecule has 0 saturated carbocycles. The van der Waals surface area contributed by atoms with Gasteiger partial charge in [0.1, 0.15) is 6.17 Å². The van der Waals surface area contributed by atoms with Crippen LogP contribution in [0.2, 0.25) is 0 Å². The molecule has 0 bridgehead atoms. The first-order valence-corrected chi connectivity index (χ1v) is 11.1. The van der Waals surface area contributed by atoms with E-state index in [9.17, 15) is 9.59 Å². The number of nitrogens with one attached hydrogen (secondary N) is 3. The summed E-state index contributed by atoms with van der Waals surface area (Å²) in [5.41, 5.74) is 5.86. The van der Waals surface area contributed by atoms with Crippen LogP contribution in [-0.4, -0.2) is 80.8 Å². The lowest BCUT2D eigenvalue weighted by atomic mass is 10.0. The molecule has 0 aromatic carbocycles. The molecule has 28 heavy (non-hydrogen) atoms. The first kappa shape index (κ1) is 23.2. The van der Waals surface area contributed by atoms with Crippen molar-refractivity contribution in [2.45, 2.75) is 56.1 Å². The van der Waals surface area contributed by atoms with E-state index in [1.165, 1.54) is 0 Å². The molecule has 10 heteroatoms. The fraction of sp³-hybridized carbons (Fsp3) is 0.889. The van der Waals surface area contributed by atoms with Crippen LogP contribution in [0.3, 0.4) is 0 Å². The smallest absolute Gasteiger partial charge is 0.315 e. The van der Waals surface area contributed by atoms with Crippen LogP contribution in [0.1, 0.15) is 32.6 Å². The van der Waals surface area contributed by atoms with Crippen molar-refractivity contribution >= 4 is 23.7 Å². The summed E-state index contributed by atoms with van der Waals surface area (Å²) in [6.45, 7) is 4.92. The average Bonchev–Trinajstić information content (AvgIpc) is 3.20. The van der Waals surface area contributed by atoms with Crippen molar-refractivity contribution in [1.29, 1.82) is 0 Å². The molecule has 0 aromatic heterocycles. The molecule has 3 amide bonds. The fourth-order valence-electron chi connectivity index (χ4n) is 3.29. The molecule has 0 radical (unpaired) electrons. The van der Waals surface area contributed by atoms with Gasteiger partial charge in [0.25, 0.3) is 0 Å². The Balaban J connectivity index is 1.42. The third-order valence-electron chi connectivity index (χ3n) is 4.67. The van der Waals surface area contributed by atoms with Crippen LogP contribution in [0, 0.1) is 0 Å². The van der Waals surface area contributed by atoms with Crippen molar-refractivity contribution < 1.29 is 23.8 Å². The molecule has 0 spiro atoms. The van der Waals surface area contributed by atoms with Crippen molar-refractivity contribution in [3.8, 4) is 0 Å². The standard InChI is InChI=1S/C18H34N4O5S/c1-2-25-7-8-26-9-10-27-11-15(19)21-16(23)6-4-3-5-14-17-13(12-28-14)20-18(24)22-17/h13-15,17H,2-12,19H2,1H3,(H,21,23)(H2,20,22,24)/t13-,14-,15?,17-/m0/s1. The molecule has 162 valence electrons. The molecule has 2 fully saturated rings. The summed E-state index contributed by atoms with van der Waals surface area (Å²) in [5.74, 6) is 0.901. The average molecular weight is 419 g/mol. The highest BCUT2D eigenvalue weighted by atomic mass is 32.2. The van der Waals surface area contributed by atoms with Crippen molar-refractivity contribution in [3.05, 3.63) is 0 Å². The second kappa shape index (κ2) is 13.2. The highest BCUT2D eigenvalue weighted by molar-refractivity contribution is 8.00. The van der Waals surface area contributed by atoms with Gasteiger partial charge < -0.3 is 35.9 Å². The number of unbranched alkanes of at least 4 members (excludes halogenated alkanes) is 1. The number of fused-ring (bicyclic) bond motifs is 1. The Hall–Kier alpha value is -1.07. The quantitative estimate of drug-likeness (QED) is 0.170. The van der Waals surface area contributed by atoms with Crippen LogP contribution >= 0.6 is 11.8 Å². The van der Waals surface area contributed by atoms with E-state index >= 15 is 0 Å². The van der Waals surface area contributed by atoms with E-state index in [1.807, 2.05) is 18.7 Å². The van der Waals surface area contributed by atoms with E-state index < -0.39 is 6.17 Å². The van der Waals surface area contributed by atoms with Gasteiger partial charge in [-0.2, -0.15) is 11.8 Å². The number of nitrogens with two attached hydrogens (primary N) is 1. The van der Waals surface area contributed by atoms with Crippen molar-refractivity contribution in [1.82, 2.24) is 16.0 Å². The lowest BCUT2D eigenvalue weighted by Crippen LogP contribution is -2.45. The SMILES string of the molecule is CCOCCOCCOCC(N)NC(=O)CCCC[C@@H]1SC[C@@H]2NC(=O)N[C@@H]21. The van der Waals surface area contributed by atoms with Gasteiger partial charge in [0.05, 0.1) is 45.1 Å². The Bertz CT molecular complexity index is 485. The molecule has 2 heterocycles. The molecule has 1 unspecified atom stereocenters. The van der Waals surface area contributed by atoms with Crippen LogP contribution in [0.5, 0.6) is 0 Å². The van der Waals surface area contributed by atoms with Gasteiger partial charge in [-0.25, -0.2) is 4.79 Å². The maximum Gasteiger partial charge on any atom is 0.315 e. The molecule has 2 saturated heterocycles. The zero-order chi connectivity index (χ0) is 20.2. The van der Waals surface area contributed by atoms with Gasteiger partial charge in [0, 0.05) is 24.0 Å².